The number of fused-ring (bicyclic) bond motifs is 2. The van der Waals surface area contributed by atoms with Crippen molar-refractivity contribution < 1.29 is 45.2 Å². The molecule has 2 fully saturated rings. The SMILES string of the molecule is CC1=Cc2c(-c3ccccc3)cccc2[CH]1[Zr+2]([CH]1C(C)=Cc2c(-c3ccccc3)cccc21)=[Si](C1CCCCC1)C1CCCCC1.[Cl-].[Cl-]. The molecule has 8 rings (SSSR count). The largest absolute Gasteiger partial charge is 1.00 e. The van der Waals surface area contributed by atoms with Gasteiger partial charge in [-0.3, -0.25) is 0 Å². The summed E-state index contributed by atoms with van der Waals surface area (Å²) in [7, 11) is 0. The van der Waals surface area contributed by atoms with Crippen molar-refractivity contribution in [3.05, 3.63) is 130 Å². The van der Waals surface area contributed by atoms with Gasteiger partial charge in [0, 0.05) is 0 Å². The zero-order valence-electron chi connectivity index (χ0n) is 28.5. The molecular formula is C44H48Cl2SiZr. The molecule has 0 spiro atoms. The van der Waals surface area contributed by atoms with Gasteiger partial charge in [0.05, 0.1) is 0 Å². The Morgan fingerprint density at radius 1 is 0.479 bits per heavy atom. The summed E-state index contributed by atoms with van der Waals surface area (Å²) in [6.45, 7) is 5.08. The van der Waals surface area contributed by atoms with Crippen LogP contribution in [0.1, 0.15) is 108 Å². The fraction of sp³-hybridized carbons (Fsp3) is 0.364. The van der Waals surface area contributed by atoms with Gasteiger partial charge in [0.1, 0.15) is 0 Å². The molecule has 0 heterocycles. The van der Waals surface area contributed by atoms with E-state index in [0.29, 0.717) is 7.25 Å². The molecule has 2 saturated carbocycles. The standard InChI is InChI=1S/2C16H13.C12H22Si.2ClH.Zr/c2*1-12-10-14-8-5-9-15(16(14)11-12)13-6-3-2-4-7-13;1-3-7-11(8-4-1)13-12-9-5-2-6-10-12;;;/h2*2-11H,1H3;11-12H,1-10H2;2*1H;/q;;;;;+2/p-2. The average molecular weight is 767 g/mol. The first-order valence-corrected chi connectivity index (χ1v) is 26.3. The van der Waals surface area contributed by atoms with E-state index in [9.17, 15) is 0 Å². The molecule has 0 nitrogen and oxygen atoms in total. The smallest absolute Gasteiger partial charge is 1.00 e. The maximum Gasteiger partial charge on any atom is -1.00 e. The number of rotatable bonds is 6. The van der Waals surface area contributed by atoms with Crippen LogP contribution in [0.3, 0.4) is 0 Å². The molecule has 2 unspecified atom stereocenters. The van der Waals surface area contributed by atoms with E-state index in [1.165, 1.54) is 86.5 Å². The summed E-state index contributed by atoms with van der Waals surface area (Å²) in [6.07, 6.45) is 20.2. The van der Waals surface area contributed by atoms with Gasteiger partial charge in [0.15, 0.2) is 0 Å². The summed E-state index contributed by atoms with van der Waals surface area (Å²) in [4.78, 5) is 0. The van der Waals surface area contributed by atoms with Crippen LogP contribution in [0.5, 0.6) is 0 Å². The van der Waals surface area contributed by atoms with Crippen molar-refractivity contribution in [3.8, 4) is 22.3 Å². The number of halogens is 2. The third-order valence-electron chi connectivity index (χ3n) is 11.8. The summed E-state index contributed by atoms with van der Waals surface area (Å²) in [6, 6.07) is 37.1. The molecule has 4 aromatic carbocycles. The molecule has 0 amide bonds. The molecule has 246 valence electrons. The van der Waals surface area contributed by atoms with Crippen LogP contribution < -0.4 is 24.8 Å². The van der Waals surface area contributed by atoms with Crippen LogP contribution in [-0.4, -0.2) is 5.43 Å². The van der Waals surface area contributed by atoms with E-state index in [2.05, 4.69) is 123 Å². The normalized spacial score (nSPS) is 20.3. The predicted octanol–water partition coefficient (Wildman–Crippen LogP) is 6.92. The summed E-state index contributed by atoms with van der Waals surface area (Å²) < 4.78 is 1.39. The summed E-state index contributed by atoms with van der Waals surface area (Å²) >= 11 is -2.34. The minimum absolute atomic E-state index is 0. The minimum Gasteiger partial charge on any atom is -1.00 e. The van der Waals surface area contributed by atoms with E-state index in [0.717, 1.165) is 11.1 Å². The maximum atomic E-state index is 2.65. The van der Waals surface area contributed by atoms with Crippen LogP contribution in [-0.2, 0) is 20.4 Å². The zero-order chi connectivity index (χ0) is 31.0. The summed E-state index contributed by atoms with van der Waals surface area (Å²) in [5, 5.41) is 0. The Morgan fingerprint density at radius 2 is 0.875 bits per heavy atom. The van der Waals surface area contributed by atoms with Crippen LogP contribution in [0.15, 0.2) is 108 Å². The van der Waals surface area contributed by atoms with Crippen molar-refractivity contribution in [2.75, 3.05) is 0 Å². The number of hydrogen-bond donors (Lipinski definition) is 0. The zero-order valence-corrected chi connectivity index (χ0v) is 33.5. The van der Waals surface area contributed by atoms with E-state index in [4.69, 9.17) is 0 Å². The first-order valence-electron chi connectivity index (χ1n) is 18.2. The molecule has 0 aromatic heterocycles. The van der Waals surface area contributed by atoms with Gasteiger partial charge in [-0.05, 0) is 0 Å². The molecule has 4 aromatic rings. The van der Waals surface area contributed by atoms with E-state index in [1.807, 2.05) is 0 Å². The molecule has 0 bridgehead atoms. The fourth-order valence-electron chi connectivity index (χ4n) is 9.80. The van der Waals surface area contributed by atoms with Gasteiger partial charge < -0.3 is 24.8 Å². The molecule has 0 saturated heterocycles. The van der Waals surface area contributed by atoms with Crippen molar-refractivity contribution in [3.63, 3.8) is 0 Å². The monoisotopic (exact) mass is 764 g/mol. The van der Waals surface area contributed by atoms with E-state index < -0.39 is 25.8 Å². The quantitative estimate of drug-likeness (QED) is 0.187. The average Bonchev–Trinajstić information content (AvgIpc) is 3.63. The Morgan fingerprint density at radius 3 is 1.27 bits per heavy atom. The Labute approximate surface area is 309 Å². The number of hydrogen-bond acceptors (Lipinski definition) is 0. The molecular weight excluding hydrogens is 719 g/mol. The van der Waals surface area contributed by atoms with Crippen molar-refractivity contribution >= 4 is 17.6 Å². The molecule has 0 N–H and O–H groups in total. The van der Waals surface area contributed by atoms with Gasteiger partial charge in [0.2, 0.25) is 0 Å². The molecule has 0 aliphatic heterocycles. The molecule has 4 aliphatic rings. The Hall–Kier alpha value is -1.96. The third kappa shape index (κ3) is 6.74. The maximum absolute atomic E-state index is 2.65. The minimum atomic E-state index is -2.34. The van der Waals surface area contributed by atoms with Crippen LogP contribution in [0.25, 0.3) is 34.4 Å². The first kappa shape index (κ1) is 35.9. The van der Waals surface area contributed by atoms with Crippen molar-refractivity contribution in [1.82, 2.24) is 0 Å². The molecule has 4 heteroatoms. The second-order valence-corrected chi connectivity index (χ2v) is 29.9. The van der Waals surface area contributed by atoms with Crippen LogP contribution in [0.2, 0.25) is 11.1 Å². The van der Waals surface area contributed by atoms with Gasteiger partial charge in [-0.25, -0.2) is 0 Å². The van der Waals surface area contributed by atoms with Gasteiger partial charge in [-0.1, -0.05) is 0 Å². The first-order chi connectivity index (χ1) is 22.7. The molecule has 2 atom stereocenters. The van der Waals surface area contributed by atoms with E-state index in [-0.39, 0.29) is 24.8 Å². The Kier molecular flexibility index (Phi) is 11.9. The molecule has 4 aliphatic carbocycles. The molecule has 0 radical (unpaired) electrons. The Balaban J connectivity index is 0.00000201. The fourth-order valence-corrected chi connectivity index (χ4v) is 41.3. The Bertz CT molecular complexity index is 1700. The second kappa shape index (κ2) is 15.9. The summed E-state index contributed by atoms with van der Waals surface area (Å²) in [5.74, 6) is 0. The topological polar surface area (TPSA) is 0 Å². The van der Waals surface area contributed by atoms with Gasteiger partial charge in [0.25, 0.3) is 0 Å². The third-order valence-corrected chi connectivity index (χ3v) is 36.5. The van der Waals surface area contributed by atoms with Crippen LogP contribution >= 0.6 is 0 Å². The second-order valence-electron chi connectivity index (χ2n) is 14.6. The van der Waals surface area contributed by atoms with Gasteiger partial charge in [-0.15, -0.1) is 0 Å². The van der Waals surface area contributed by atoms with Gasteiger partial charge in [-0.2, -0.15) is 0 Å². The van der Waals surface area contributed by atoms with Crippen LogP contribution in [0, 0.1) is 0 Å². The van der Waals surface area contributed by atoms with Crippen LogP contribution in [0.4, 0.5) is 0 Å². The number of allylic oxidation sites excluding steroid dienone is 2. The summed E-state index contributed by atoms with van der Waals surface area (Å²) in [5.41, 5.74) is 17.0. The molecule has 48 heavy (non-hydrogen) atoms. The van der Waals surface area contributed by atoms with E-state index in [1.54, 1.807) is 33.4 Å². The van der Waals surface area contributed by atoms with Crippen molar-refractivity contribution in [2.24, 2.45) is 0 Å². The number of benzene rings is 4. The van der Waals surface area contributed by atoms with E-state index >= 15 is 0 Å². The van der Waals surface area contributed by atoms with Crippen molar-refractivity contribution in [2.45, 2.75) is 96.4 Å². The van der Waals surface area contributed by atoms with Gasteiger partial charge >= 0.3 is 287 Å². The predicted molar refractivity (Wildman–Crippen MR) is 196 cm³/mol. The van der Waals surface area contributed by atoms with Crippen molar-refractivity contribution in [1.29, 1.82) is 0 Å².